The number of hydrogen-bond donors (Lipinski definition) is 1. The Morgan fingerprint density at radius 2 is 1.32 bits per heavy atom. The van der Waals surface area contributed by atoms with Crippen LogP contribution in [-0.2, 0) is 10.1 Å². The second-order valence-electron chi connectivity index (χ2n) is 11.9. The smallest absolute Gasteiger partial charge is 0.253 e. The third-order valence-electron chi connectivity index (χ3n) is 7.28. The van der Waals surface area contributed by atoms with Gasteiger partial charge in [-0.25, -0.2) is 8.42 Å². The molecule has 232 valence electrons. The normalized spacial score (nSPS) is 11.5. The number of quaternary nitrogens is 1. The summed E-state index contributed by atoms with van der Waals surface area (Å²) in [6.45, 7) is 7.17. The maximum absolute atomic E-state index is 12.5. The molecule has 41 heavy (non-hydrogen) atoms. The van der Waals surface area contributed by atoms with Crippen LogP contribution in [0.1, 0.15) is 93.5 Å². The average molecular weight is 590 g/mol. The van der Waals surface area contributed by atoms with Crippen molar-refractivity contribution >= 4 is 21.7 Å². The van der Waals surface area contributed by atoms with Crippen LogP contribution in [0.25, 0.3) is 0 Å². The number of nitrogens with zero attached hydrogens (tertiary/aromatic N) is 2. The van der Waals surface area contributed by atoms with Crippen molar-refractivity contribution in [2.24, 2.45) is 0 Å². The SMILES string of the molecule is CCCCCCCCCCCC[N+](C)(C)CCCNC(=O)c1ccccc1N(C)C.Cc1ccc(S(=O)(=O)[O-])cc1. The summed E-state index contributed by atoms with van der Waals surface area (Å²) in [5.41, 5.74) is 2.64. The molecule has 0 fully saturated rings. The third kappa shape index (κ3) is 16.6. The summed E-state index contributed by atoms with van der Waals surface area (Å²) < 4.78 is 32.2. The molecule has 0 aromatic heterocycles. The number of aryl methyl sites for hydroxylation is 1. The fourth-order valence-electron chi connectivity index (χ4n) is 4.70. The predicted octanol–water partition coefficient (Wildman–Crippen LogP) is 6.77. The molecule has 1 N–H and O–H groups in total. The van der Waals surface area contributed by atoms with Crippen molar-refractivity contribution in [1.82, 2.24) is 5.32 Å². The lowest BCUT2D eigenvalue weighted by Gasteiger charge is -2.30. The number of unbranched alkanes of at least 4 members (excludes halogenated alkanes) is 9. The average Bonchev–Trinajstić information content (AvgIpc) is 2.92. The standard InChI is InChI=1S/C26H47N3O.C7H8O3S/c1-6-7-8-9-10-11-12-13-14-17-22-29(4,5)23-18-21-27-26(30)24-19-15-16-20-25(24)28(2)3;1-6-2-4-7(5-3-6)11(8,9)10/h15-16,19-20H,6-14,17-18,21-23H2,1-5H3;2-5H,1H3,(H,8,9,10). The van der Waals surface area contributed by atoms with E-state index in [1.807, 2.05) is 50.2 Å². The van der Waals surface area contributed by atoms with Gasteiger partial charge in [-0.15, -0.1) is 0 Å². The Balaban J connectivity index is 0.000000634. The van der Waals surface area contributed by atoms with E-state index in [1.165, 1.54) is 82.9 Å². The molecule has 0 aliphatic rings. The first kappa shape index (κ1) is 36.6. The topological polar surface area (TPSA) is 89.5 Å². The highest BCUT2D eigenvalue weighted by atomic mass is 32.2. The molecule has 0 saturated heterocycles. The van der Waals surface area contributed by atoms with E-state index in [4.69, 9.17) is 0 Å². The van der Waals surface area contributed by atoms with Gasteiger partial charge in [-0.3, -0.25) is 4.79 Å². The van der Waals surface area contributed by atoms with Crippen LogP contribution in [0, 0.1) is 6.92 Å². The van der Waals surface area contributed by atoms with Crippen molar-refractivity contribution in [3.63, 3.8) is 0 Å². The summed E-state index contributed by atoms with van der Waals surface area (Å²) in [5, 5.41) is 3.10. The van der Waals surface area contributed by atoms with Crippen LogP contribution < -0.4 is 10.2 Å². The molecule has 0 radical (unpaired) electrons. The number of carbonyl (C=O) groups is 1. The first-order chi connectivity index (χ1) is 19.4. The zero-order chi connectivity index (χ0) is 30.7. The van der Waals surface area contributed by atoms with Gasteiger partial charge in [-0.2, -0.15) is 0 Å². The van der Waals surface area contributed by atoms with Gasteiger partial charge in [-0.1, -0.05) is 88.1 Å². The maximum Gasteiger partial charge on any atom is 0.253 e. The summed E-state index contributed by atoms with van der Waals surface area (Å²) >= 11 is 0. The molecule has 0 atom stereocenters. The molecule has 7 nitrogen and oxygen atoms in total. The number of para-hydroxylation sites is 1. The molecular formula is C33H55N3O4S. The molecule has 1 amide bonds. The number of nitrogens with one attached hydrogen (secondary N) is 1. The number of benzene rings is 2. The van der Waals surface area contributed by atoms with Gasteiger partial charge in [0.1, 0.15) is 10.1 Å². The van der Waals surface area contributed by atoms with Crippen LogP contribution >= 0.6 is 0 Å². The highest BCUT2D eigenvalue weighted by Crippen LogP contribution is 2.17. The van der Waals surface area contributed by atoms with Crippen molar-refractivity contribution in [3.8, 4) is 0 Å². The molecule has 0 unspecified atom stereocenters. The summed E-state index contributed by atoms with van der Waals surface area (Å²) in [5.74, 6) is 0.0271. The number of hydrogen-bond acceptors (Lipinski definition) is 5. The molecule has 0 spiro atoms. The molecule has 2 aromatic rings. The minimum absolute atomic E-state index is 0.0271. The largest absolute Gasteiger partial charge is 0.744 e. The van der Waals surface area contributed by atoms with Gasteiger partial charge in [0.05, 0.1) is 37.6 Å². The Morgan fingerprint density at radius 3 is 1.85 bits per heavy atom. The van der Waals surface area contributed by atoms with E-state index >= 15 is 0 Å². The van der Waals surface area contributed by atoms with Crippen molar-refractivity contribution < 1.29 is 22.2 Å². The van der Waals surface area contributed by atoms with E-state index in [0.717, 1.165) is 40.8 Å². The van der Waals surface area contributed by atoms with Gasteiger partial charge in [0.2, 0.25) is 0 Å². The van der Waals surface area contributed by atoms with Crippen molar-refractivity contribution in [2.45, 2.75) is 89.4 Å². The molecule has 0 heterocycles. The van der Waals surface area contributed by atoms with E-state index < -0.39 is 10.1 Å². The van der Waals surface area contributed by atoms with Crippen LogP contribution in [0.3, 0.4) is 0 Å². The first-order valence-electron chi connectivity index (χ1n) is 15.3. The van der Waals surface area contributed by atoms with Crippen molar-refractivity contribution in [3.05, 3.63) is 59.7 Å². The lowest BCUT2D eigenvalue weighted by molar-refractivity contribution is -0.890. The summed E-state index contributed by atoms with van der Waals surface area (Å²) in [4.78, 5) is 14.3. The summed E-state index contributed by atoms with van der Waals surface area (Å²) in [6.07, 6.45) is 14.9. The van der Waals surface area contributed by atoms with Gasteiger partial charge in [0.25, 0.3) is 5.91 Å². The Kier molecular flexibility index (Phi) is 17.5. The lowest BCUT2D eigenvalue weighted by Crippen LogP contribution is -2.42. The second kappa shape index (κ2) is 19.7. The summed E-state index contributed by atoms with van der Waals surface area (Å²) in [7, 11) is 4.31. The molecule has 0 bridgehead atoms. The van der Waals surface area contributed by atoms with Crippen molar-refractivity contribution in [2.75, 3.05) is 52.7 Å². The van der Waals surface area contributed by atoms with Gasteiger partial charge in [0.15, 0.2) is 0 Å². The molecule has 0 aliphatic carbocycles. The zero-order valence-corrected chi connectivity index (χ0v) is 27.3. The molecule has 0 aliphatic heterocycles. The van der Waals surface area contributed by atoms with Crippen LogP contribution in [0.4, 0.5) is 5.69 Å². The second-order valence-corrected chi connectivity index (χ2v) is 13.2. The van der Waals surface area contributed by atoms with E-state index in [1.54, 1.807) is 12.1 Å². The van der Waals surface area contributed by atoms with Gasteiger partial charge >= 0.3 is 0 Å². The van der Waals surface area contributed by atoms with E-state index in [2.05, 4.69) is 26.3 Å². The van der Waals surface area contributed by atoms with Crippen LogP contribution in [0.2, 0.25) is 0 Å². The third-order valence-corrected chi connectivity index (χ3v) is 8.13. The highest BCUT2D eigenvalue weighted by Gasteiger charge is 2.15. The summed E-state index contributed by atoms with van der Waals surface area (Å²) in [6, 6.07) is 13.6. The molecule has 0 saturated carbocycles. The Hall–Kier alpha value is -2.42. The number of rotatable bonds is 18. The van der Waals surface area contributed by atoms with Gasteiger partial charge in [-0.05, 0) is 44.0 Å². The Bertz CT molecular complexity index is 1100. The predicted molar refractivity (Wildman–Crippen MR) is 171 cm³/mol. The Morgan fingerprint density at radius 1 is 0.805 bits per heavy atom. The molecule has 2 aromatic carbocycles. The van der Waals surface area contributed by atoms with Crippen LogP contribution in [0.5, 0.6) is 0 Å². The van der Waals surface area contributed by atoms with E-state index in [0.29, 0.717) is 0 Å². The number of carbonyl (C=O) groups excluding carboxylic acids is 1. The minimum atomic E-state index is -4.27. The van der Waals surface area contributed by atoms with Gasteiger partial charge < -0.3 is 19.3 Å². The minimum Gasteiger partial charge on any atom is -0.744 e. The first-order valence-corrected chi connectivity index (χ1v) is 16.7. The number of amides is 1. The zero-order valence-electron chi connectivity index (χ0n) is 26.5. The molecule has 2 rings (SSSR count). The van der Waals surface area contributed by atoms with Crippen LogP contribution in [0.15, 0.2) is 53.4 Å². The molecule has 8 heteroatoms. The Labute approximate surface area is 250 Å². The van der Waals surface area contributed by atoms with Gasteiger partial charge in [0, 0.05) is 32.7 Å². The van der Waals surface area contributed by atoms with E-state index in [9.17, 15) is 17.8 Å². The van der Waals surface area contributed by atoms with Crippen molar-refractivity contribution in [1.29, 1.82) is 0 Å². The van der Waals surface area contributed by atoms with E-state index in [-0.39, 0.29) is 10.8 Å². The lowest BCUT2D eigenvalue weighted by atomic mass is 10.1. The maximum atomic E-state index is 12.5. The molecular weight excluding hydrogens is 534 g/mol. The monoisotopic (exact) mass is 589 g/mol. The fourth-order valence-corrected chi connectivity index (χ4v) is 5.17. The highest BCUT2D eigenvalue weighted by molar-refractivity contribution is 7.85. The fraction of sp³-hybridized carbons (Fsp3) is 0.606. The number of anilines is 1. The quantitative estimate of drug-likeness (QED) is 0.118. The van der Waals surface area contributed by atoms with Crippen LogP contribution in [-0.4, -0.2) is 71.2 Å².